The van der Waals surface area contributed by atoms with Crippen molar-refractivity contribution in [3.05, 3.63) is 292 Å². The number of hydrogen-bond acceptors (Lipinski definition) is 6. The maximum Gasteiger partial charge on any atom is 3.00 e. The zero-order chi connectivity index (χ0) is 52.0. The first kappa shape index (κ1) is 49.9. The van der Waals surface area contributed by atoms with Crippen LogP contribution in [0.25, 0.3) is 135 Å². The van der Waals surface area contributed by atoms with Crippen LogP contribution in [0.5, 0.6) is 0 Å². The molecule has 4 heterocycles. The summed E-state index contributed by atoms with van der Waals surface area (Å²) in [4.78, 5) is 28.8. The molecular weight excluding hydrogens is 1140 g/mol. The molecular formula is C72H45IrN6. The Hall–Kier alpha value is -9.91. The van der Waals surface area contributed by atoms with Gasteiger partial charge in [-0.1, -0.05) is 203 Å². The molecule has 0 amide bonds. The van der Waals surface area contributed by atoms with Crippen LogP contribution >= 0.6 is 0 Å². The van der Waals surface area contributed by atoms with E-state index in [1.54, 1.807) is 0 Å². The van der Waals surface area contributed by atoms with Crippen LogP contribution in [0.4, 0.5) is 0 Å². The molecule has 0 fully saturated rings. The molecule has 0 saturated carbocycles. The van der Waals surface area contributed by atoms with E-state index < -0.39 is 0 Å². The maximum atomic E-state index is 4.93. The molecule has 372 valence electrons. The summed E-state index contributed by atoms with van der Waals surface area (Å²) in [7, 11) is 0. The Morgan fingerprint density at radius 1 is 0.241 bits per heavy atom. The second kappa shape index (κ2) is 22.7. The van der Waals surface area contributed by atoms with Crippen molar-refractivity contribution in [2.24, 2.45) is 0 Å². The number of benzene rings is 9. The zero-order valence-corrected chi connectivity index (χ0v) is 44.9. The molecule has 79 heavy (non-hydrogen) atoms. The van der Waals surface area contributed by atoms with Gasteiger partial charge in [0.1, 0.15) is 0 Å². The fraction of sp³-hybridized carbons (Fsp3) is 0. The number of aromatic nitrogens is 6. The summed E-state index contributed by atoms with van der Waals surface area (Å²) in [6, 6.07) is 98.5. The minimum absolute atomic E-state index is 0. The molecule has 0 atom stereocenters. The van der Waals surface area contributed by atoms with Crippen LogP contribution in [-0.4, -0.2) is 29.9 Å². The largest absolute Gasteiger partial charge is 3.00 e. The Kier molecular flexibility index (Phi) is 14.4. The number of pyridine rings is 3. The van der Waals surface area contributed by atoms with Gasteiger partial charge in [-0.2, -0.15) is 0 Å². The van der Waals surface area contributed by atoms with Crippen molar-refractivity contribution in [3.63, 3.8) is 0 Å². The van der Waals surface area contributed by atoms with Crippen molar-refractivity contribution in [1.29, 1.82) is 0 Å². The molecule has 0 bridgehead atoms. The average molecular weight is 1190 g/mol. The van der Waals surface area contributed by atoms with Gasteiger partial charge in [-0.3, -0.25) is 0 Å². The number of hydrogen-bond donors (Lipinski definition) is 0. The molecule has 7 heteroatoms. The summed E-state index contributed by atoms with van der Waals surface area (Å²) in [5.41, 5.74) is 21.1. The summed E-state index contributed by atoms with van der Waals surface area (Å²) >= 11 is 0. The molecule has 0 aliphatic carbocycles. The zero-order valence-electron chi connectivity index (χ0n) is 42.5. The van der Waals surface area contributed by atoms with E-state index in [4.69, 9.17) is 19.9 Å². The standard InChI is InChI=1S/C72H45N6.Ir/c1-3-17-55(18-4-1)70-76-71(56-19-5-2-6-20-56)78-72(77-70)57-41-42-69(75-48-57)54-39-33-51(34-40-54)63-23-9-12-26-66(63)60-46-58(64-24-10-7-21-61(64)49-29-35-52(36-30-49)67-27-13-15-43-73-67)45-59(47-60)65-25-11-8-22-62(65)50-31-37-53(38-32-50)68-28-14-16-44-74-68;/h1-35,37,39,41-48H;/q-3;+3. The number of rotatable bonds is 12. The molecule has 13 aromatic rings. The van der Waals surface area contributed by atoms with Crippen molar-refractivity contribution in [1.82, 2.24) is 29.9 Å². The van der Waals surface area contributed by atoms with Crippen LogP contribution in [0.2, 0.25) is 0 Å². The van der Waals surface area contributed by atoms with Gasteiger partial charge in [0.2, 0.25) is 0 Å². The smallest absolute Gasteiger partial charge is 0.305 e. The molecule has 0 unspecified atom stereocenters. The predicted molar refractivity (Wildman–Crippen MR) is 315 cm³/mol. The van der Waals surface area contributed by atoms with Gasteiger partial charge in [0, 0.05) is 35.3 Å². The van der Waals surface area contributed by atoms with Crippen LogP contribution in [0.3, 0.4) is 0 Å². The van der Waals surface area contributed by atoms with E-state index >= 15 is 0 Å². The van der Waals surface area contributed by atoms with Gasteiger partial charge in [0.05, 0.1) is 0 Å². The average Bonchev–Trinajstić information content (AvgIpc) is 3.56. The monoisotopic (exact) mass is 1190 g/mol. The van der Waals surface area contributed by atoms with Crippen molar-refractivity contribution in [3.8, 4) is 135 Å². The van der Waals surface area contributed by atoms with Gasteiger partial charge in [-0.05, 0) is 80.8 Å². The first-order valence-corrected chi connectivity index (χ1v) is 25.8. The van der Waals surface area contributed by atoms with Crippen molar-refractivity contribution < 1.29 is 20.1 Å². The molecule has 6 nitrogen and oxygen atoms in total. The van der Waals surface area contributed by atoms with Gasteiger partial charge in [-0.15, -0.1) is 89.5 Å². The third kappa shape index (κ3) is 10.7. The van der Waals surface area contributed by atoms with Crippen molar-refractivity contribution >= 4 is 0 Å². The topological polar surface area (TPSA) is 77.3 Å². The van der Waals surface area contributed by atoms with Gasteiger partial charge in [0.15, 0.2) is 17.5 Å². The van der Waals surface area contributed by atoms with E-state index in [9.17, 15) is 0 Å². The Morgan fingerprint density at radius 3 is 0.873 bits per heavy atom. The summed E-state index contributed by atoms with van der Waals surface area (Å²) < 4.78 is 0. The molecule has 4 aromatic heterocycles. The van der Waals surface area contributed by atoms with Crippen LogP contribution in [0, 0.1) is 18.2 Å². The molecule has 0 radical (unpaired) electrons. The summed E-state index contributed by atoms with van der Waals surface area (Å²) in [6.45, 7) is 0. The SMILES string of the molecule is [Ir+3].[c-]1cc(-c2ccccc2-c2cc(-c3ccccc3-c3c[c-]c(-c4ccccn4)cc3)cc(-c3ccccc3-c3c[c-]c(-c4ccc(-c5nc(-c6ccccc6)nc(-c6ccccc6)n5)cn4)cc3)c2)ccc1-c1ccccn1. The fourth-order valence-corrected chi connectivity index (χ4v) is 9.98. The third-order valence-corrected chi connectivity index (χ3v) is 13.9. The van der Waals surface area contributed by atoms with Gasteiger partial charge >= 0.3 is 20.1 Å². The maximum absolute atomic E-state index is 4.93. The van der Waals surface area contributed by atoms with Crippen LogP contribution < -0.4 is 0 Å². The molecule has 0 saturated heterocycles. The van der Waals surface area contributed by atoms with E-state index in [1.807, 2.05) is 128 Å². The molecule has 13 rings (SSSR count). The van der Waals surface area contributed by atoms with Crippen molar-refractivity contribution in [2.75, 3.05) is 0 Å². The van der Waals surface area contributed by atoms with E-state index in [1.165, 1.54) is 0 Å². The van der Waals surface area contributed by atoms with Crippen LogP contribution in [0.1, 0.15) is 0 Å². The first-order chi connectivity index (χ1) is 38.6. The van der Waals surface area contributed by atoms with Crippen molar-refractivity contribution in [2.45, 2.75) is 0 Å². The molecule has 0 aliphatic heterocycles. The molecule has 0 aliphatic rings. The number of nitrogens with zero attached hydrogens (tertiary/aromatic N) is 6. The Bertz CT molecular complexity index is 3990. The minimum atomic E-state index is 0. The predicted octanol–water partition coefficient (Wildman–Crippen LogP) is 17.5. The summed E-state index contributed by atoms with van der Waals surface area (Å²) in [5, 5.41) is 0. The van der Waals surface area contributed by atoms with E-state index in [0.717, 1.165) is 117 Å². The Balaban J connectivity index is 0.00000623. The third-order valence-electron chi connectivity index (χ3n) is 13.9. The summed E-state index contributed by atoms with van der Waals surface area (Å²) in [6.07, 6.45) is 5.46. The Labute approximate surface area is 473 Å². The van der Waals surface area contributed by atoms with Crippen LogP contribution in [-0.2, 0) is 20.1 Å². The Morgan fingerprint density at radius 2 is 0.557 bits per heavy atom. The van der Waals surface area contributed by atoms with E-state index in [-0.39, 0.29) is 20.1 Å². The summed E-state index contributed by atoms with van der Waals surface area (Å²) in [5.74, 6) is 1.77. The minimum Gasteiger partial charge on any atom is -0.305 e. The van der Waals surface area contributed by atoms with Gasteiger partial charge in [-0.25, -0.2) is 15.0 Å². The van der Waals surface area contributed by atoms with E-state index in [2.05, 4.69) is 174 Å². The van der Waals surface area contributed by atoms with Gasteiger partial charge < -0.3 is 15.0 Å². The molecule has 0 N–H and O–H groups in total. The quantitative estimate of drug-likeness (QED) is 0.113. The van der Waals surface area contributed by atoms with Gasteiger partial charge in [0.25, 0.3) is 0 Å². The molecule has 9 aromatic carbocycles. The second-order valence-corrected chi connectivity index (χ2v) is 18.8. The molecule has 0 spiro atoms. The fourth-order valence-electron chi connectivity index (χ4n) is 9.98. The normalized spacial score (nSPS) is 10.9. The van der Waals surface area contributed by atoms with E-state index in [0.29, 0.717) is 17.5 Å². The second-order valence-electron chi connectivity index (χ2n) is 18.8. The first-order valence-electron chi connectivity index (χ1n) is 25.8. The van der Waals surface area contributed by atoms with Crippen LogP contribution in [0.15, 0.2) is 273 Å².